The van der Waals surface area contributed by atoms with Crippen molar-refractivity contribution in [2.45, 2.75) is 25.1 Å². The summed E-state index contributed by atoms with van der Waals surface area (Å²) in [5.74, 6) is -0.197. The van der Waals surface area contributed by atoms with Gasteiger partial charge in [0.05, 0.1) is 5.02 Å². The van der Waals surface area contributed by atoms with Gasteiger partial charge in [0.25, 0.3) is 0 Å². The third-order valence-electron chi connectivity index (χ3n) is 3.71. The zero-order valence-corrected chi connectivity index (χ0v) is 13.3. The molecule has 0 amide bonds. The maximum Gasteiger partial charge on any atom is 0.389 e. The largest absolute Gasteiger partial charge is 0.506 e. The molecule has 1 saturated heterocycles. The molecule has 22 heavy (non-hydrogen) atoms. The molecular weight excluding hydrogens is 340 g/mol. The molecule has 1 aliphatic heterocycles. The minimum Gasteiger partial charge on any atom is -0.506 e. The number of aromatic hydroxyl groups is 1. The number of nitrogens with zero attached hydrogens (tertiary/aromatic N) is 1. The Morgan fingerprint density at radius 1 is 1.23 bits per heavy atom. The summed E-state index contributed by atoms with van der Waals surface area (Å²) in [6.07, 6.45) is -5.32. The van der Waals surface area contributed by atoms with Gasteiger partial charge in [-0.2, -0.15) is 13.2 Å². The Labute approximate surface area is 137 Å². The van der Waals surface area contributed by atoms with Crippen molar-refractivity contribution < 1.29 is 18.3 Å². The van der Waals surface area contributed by atoms with E-state index in [1.807, 2.05) is 4.90 Å². The van der Waals surface area contributed by atoms with Gasteiger partial charge in [0.2, 0.25) is 0 Å². The first kappa shape index (κ1) is 17.7. The maximum absolute atomic E-state index is 12.6. The number of alkyl halides is 3. The highest BCUT2D eigenvalue weighted by molar-refractivity contribution is 6.35. The molecule has 124 valence electrons. The maximum atomic E-state index is 12.6. The van der Waals surface area contributed by atoms with Crippen molar-refractivity contribution in [3.05, 3.63) is 27.7 Å². The van der Waals surface area contributed by atoms with Crippen LogP contribution in [-0.4, -0.2) is 42.4 Å². The molecule has 1 fully saturated rings. The van der Waals surface area contributed by atoms with Crippen molar-refractivity contribution in [2.75, 3.05) is 26.2 Å². The van der Waals surface area contributed by atoms with E-state index >= 15 is 0 Å². The van der Waals surface area contributed by atoms with E-state index in [2.05, 4.69) is 5.32 Å². The van der Waals surface area contributed by atoms with Gasteiger partial charge in [-0.1, -0.05) is 23.2 Å². The fourth-order valence-electron chi connectivity index (χ4n) is 2.67. The van der Waals surface area contributed by atoms with Crippen molar-refractivity contribution in [1.82, 2.24) is 10.2 Å². The number of nitrogens with one attached hydrogen (secondary N) is 1. The highest BCUT2D eigenvalue weighted by atomic mass is 35.5. The number of rotatable bonds is 4. The van der Waals surface area contributed by atoms with Gasteiger partial charge in [0.15, 0.2) is 0 Å². The summed E-state index contributed by atoms with van der Waals surface area (Å²) in [4.78, 5) is 1.92. The van der Waals surface area contributed by atoms with E-state index in [4.69, 9.17) is 23.2 Å². The molecule has 8 heteroatoms. The van der Waals surface area contributed by atoms with Crippen LogP contribution in [0.4, 0.5) is 13.2 Å². The monoisotopic (exact) mass is 356 g/mol. The van der Waals surface area contributed by atoms with Crippen molar-refractivity contribution >= 4 is 23.2 Å². The standard InChI is InChI=1S/C14H17Cl2F3N2O/c15-9-7-10(13(22)11(16)8-9)12(1-2-14(17,18)19)21-5-3-20-4-6-21/h7-8,12,20,22H,1-6H2/t12-/m1/s1. The topological polar surface area (TPSA) is 35.5 Å². The van der Waals surface area contributed by atoms with Crippen LogP contribution in [0.1, 0.15) is 24.4 Å². The van der Waals surface area contributed by atoms with E-state index in [1.165, 1.54) is 12.1 Å². The molecule has 0 radical (unpaired) electrons. The van der Waals surface area contributed by atoms with Crippen molar-refractivity contribution in [1.29, 1.82) is 0 Å². The lowest BCUT2D eigenvalue weighted by molar-refractivity contribution is -0.138. The Morgan fingerprint density at radius 3 is 2.45 bits per heavy atom. The van der Waals surface area contributed by atoms with Gasteiger partial charge in [0.1, 0.15) is 5.75 Å². The van der Waals surface area contributed by atoms with Gasteiger partial charge in [-0.25, -0.2) is 0 Å². The molecule has 1 aromatic carbocycles. The quantitative estimate of drug-likeness (QED) is 0.856. The van der Waals surface area contributed by atoms with Crippen molar-refractivity contribution in [3.63, 3.8) is 0 Å². The Bertz CT molecular complexity index is 520. The van der Waals surface area contributed by atoms with Gasteiger partial charge < -0.3 is 10.4 Å². The average Bonchev–Trinajstić information content (AvgIpc) is 2.44. The Hall–Kier alpha value is -0.690. The molecule has 1 aliphatic rings. The van der Waals surface area contributed by atoms with Crippen LogP contribution in [0.15, 0.2) is 12.1 Å². The lowest BCUT2D eigenvalue weighted by Gasteiger charge is -2.36. The first-order valence-corrected chi connectivity index (χ1v) is 7.73. The summed E-state index contributed by atoms with van der Waals surface area (Å²) in [6, 6.07) is 2.30. The highest BCUT2D eigenvalue weighted by Crippen LogP contribution is 2.40. The Morgan fingerprint density at radius 2 is 1.86 bits per heavy atom. The van der Waals surface area contributed by atoms with Gasteiger partial charge >= 0.3 is 6.18 Å². The molecule has 0 unspecified atom stereocenters. The molecule has 0 spiro atoms. The number of halogens is 5. The second kappa shape index (κ2) is 7.25. The summed E-state index contributed by atoms with van der Waals surface area (Å²) in [7, 11) is 0. The number of hydrogen-bond donors (Lipinski definition) is 2. The number of piperazine rings is 1. The van der Waals surface area contributed by atoms with Crippen LogP contribution >= 0.6 is 23.2 Å². The van der Waals surface area contributed by atoms with Crippen LogP contribution in [0.25, 0.3) is 0 Å². The first-order chi connectivity index (χ1) is 10.3. The van der Waals surface area contributed by atoms with Gasteiger partial charge in [-0.15, -0.1) is 0 Å². The predicted octanol–water partition coefficient (Wildman–Crippen LogP) is 3.99. The van der Waals surface area contributed by atoms with Gasteiger partial charge in [-0.05, 0) is 18.6 Å². The minimum absolute atomic E-state index is 0.0506. The van der Waals surface area contributed by atoms with Crippen LogP contribution in [0.3, 0.4) is 0 Å². The Balaban J connectivity index is 2.30. The first-order valence-electron chi connectivity index (χ1n) is 6.97. The van der Waals surface area contributed by atoms with E-state index in [0.717, 1.165) is 0 Å². The smallest absolute Gasteiger partial charge is 0.389 e. The third-order valence-corrected chi connectivity index (χ3v) is 4.22. The fourth-order valence-corrected chi connectivity index (χ4v) is 3.18. The van der Waals surface area contributed by atoms with E-state index in [1.54, 1.807) is 0 Å². The average molecular weight is 357 g/mol. The second-order valence-corrected chi connectivity index (χ2v) is 6.12. The molecule has 1 atom stereocenters. The lowest BCUT2D eigenvalue weighted by atomic mass is 9.98. The molecule has 1 aromatic rings. The normalized spacial score (nSPS) is 18.4. The minimum atomic E-state index is -4.25. The predicted molar refractivity (Wildman–Crippen MR) is 80.6 cm³/mol. The number of benzene rings is 1. The van der Waals surface area contributed by atoms with Gasteiger partial charge in [-0.3, -0.25) is 4.90 Å². The van der Waals surface area contributed by atoms with E-state index in [-0.39, 0.29) is 17.2 Å². The number of hydrogen-bond acceptors (Lipinski definition) is 3. The van der Waals surface area contributed by atoms with Crippen LogP contribution in [0, 0.1) is 0 Å². The van der Waals surface area contributed by atoms with E-state index in [0.29, 0.717) is 36.8 Å². The molecule has 0 bridgehead atoms. The molecule has 2 rings (SSSR count). The Kier molecular flexibility index (Phi) is 5.82. The summed E-state index contributed by atoms with van der Waals surface area (Å²) < 4.78 is 37.8. The van der Waals surface area contributed by atoms with Crippen LogP contribution < -0.4 is 5.32 Å². The number of phenolic OH excluding ortho intramolecular Hbond substituents is 1. The van der Waals surface area contributed by atoms with Crippen LogP contribution in [-0.2, 0) is 0 Å². The van der Waals surface area contributed by atoms with Crippen LogP contribution in [0.2, 0.25) is 10.0 Å². The molecular formula is C14H17Cl2F3N2O. The zero-order valence-electron chi connectivity index (χ0n) is 11.8. The van der Waals surface area contributed by atoms with Gasteiger partial charge in [0, 0.05) is 49.2 Å². The second-order valence-electron chi connectivity index (χ2n) is 5.28. The fraction of sp³-hybridized carbons (Fsp3) is 0.571. The molecule has 1 heterocycles. The zero-order chi connectivity index (χ0) is 16.3. The molecule has 0 aromatic heterocycles. The van der Waals surface area contributed by atoms with Crippen molar-refractivity contribution in [2.24, 2.45) is 0 Å². The molecule has 0 aliphatic carbocycles. The van der Waals surface area contributed by atoms with E-state index < -0.39 is 18.6 Å². The highest BCUT2D eigenvalue weighted by Gasteiger charge is 2.32. The lowest BCUT2D eigenvalue weighted by Crippen LogP contribution is -2.45. The summed E-state index contributed by atoms with van der Waals surface area (Å²) >= 11 is 11.9. The molecule has 2 N–H and O–H groups in total. The molecule has 3 nitrogen and oxygen atoms in total. The summed E-state index contributed by atoms with van der Waals surface area (Å²) in [5, 5.41) is 13.6. The third kappa shape index (κ3) is 4.65. The number of phenols is 1. The molecule has 0 saturated carbocycles. The summed E-state index contributed by atoms with van der Waals surface area (Å²) in [6.45, 7) is 2.59. The van der Waals surface area contributed by atoms with Crippen LogP contribution in [0.5, 0.6) is 5.75 Å². The SMILES string of the molecule is Oc1c(Cl)cc(Cl)cc1[C@@H](CCC(F)(F)F)N1CCNCC1. The summed E-state index contributed by atoms with van der Waals surface area (Å²) in [5.41, 5.74) is 0.351. The van der Waals surface area contributed by atoms with Crippen molar-refractivity contribution in [3.8, 4) is 5.75 Å². The van der Waals surface area contributed by atoms with E-state index in [9.17, 15) is 18.3 Å².